The van der Waals surface area contributed by atoms with Gasteiger partial charge in [0.25, 0.3) is 0 Å². The molecular weight excluding hydrogens is 148 g/mol. The van der Waals surface area contributed by atoms with Gasteiger partial charge in [0, 0.05) is 18.4 Å². The van der Waals surface area contributed by atoms with E-state index in [1.165, 1.54) is 0 Å². The largest absolute Gasteiger partial charge is 0.378 e. The topological polar surface area (TPSA) is 9.23 Å². The summed E-state index contributed by atoms with van der Waals surface area (Å²) in [6, 6.07) is 0. The van der Waals surface area contributed by atoms with Gasteiger partial charge >= 0.3 is 0 Å². The van der Waals surface area contributed by atoms with E-state index in [4.69, 9.17) is 16.3 Å². The minimum atomic E-state index is 0.414. The Balaban J connectivity index is 2.42. The Morgan fingerprint density at radius 2 is 2.30 bits per heavy atom. The number of halogens is 1. The van der Waals surface area contributed by atoms with E-state index in [0.717, 1.165) is 18.9 Å². The zero-order valence-electron chi connectivity index (χ0n) is 6.64. The predicted octanol–water partition coefficient (Wildman–Crippen LogP) is 2.29. The highest BCUT2D eigenvalue weighted by molar-refractivity contribution is 6.18. The number of hydrogen-bond acceptors (Lipinski definition) is 1. The summed E-state index contributed by atoms with van der Waals surface area (Å²) in [5.41, 5.74) is 0. The molecule has 10 heavy (non-hydrogen) atoms. The van der Waals surface area contributed by atoms with Crippen LogP contribution in [0, 0.1) is 11.8 Å². The van der Waals surface area contributed by atoms with E-state index in [1.54, 1.807) is 0 Å². The molecule has 0 aromatic heterocycles. The molecule has 1 rings (SSSR count). The molecule has 0 bridgehead atoms. The zero-order valence-corrected chi connectivity index (χ0v) is 7.40. The molecule has 0 spiro atoms. The van der Waals surface area contributed by atoms with E-state index in [2.05, 4.69) is 13.8 Å². The number of ether oxygens (including phenoxy) is 1. The average molecular weight is 163 g/mol. The van der Waals surface area contributed by atoms with Crippen LogP contribution < -0.4 is 0 Å². The fourth-order valence-corrected chi connectivity index (χ4v) is 1.89. The van der Waals surface area contributed by atoms with Crippen LogP contribution in [0.25, 0.3) is 0 Å². The Hall–Kier alpha value is 0.250. The molecule has 2 heteroatoms. The van der Waals surface area contributed by atoms with Crippen molar-refractivity contribution >= 4 is 11.6 Å². The van der Waals surface area contributed by atoms with E-state index < -0.39 is 0 Å². The van der Waals surface area contributed by atoms with Crippen molar-refractivity contribution < 1.29 is 4.74 Å². The van der Waals surface area contributed by atoms with Crippen molar-refractivity contribution in [1.82, 2.24) is 0 Å². The molecule has 1 nitrogen and oxygen atoms in total. The highest BCUT2D eigenvalue weighted by Crippen LogP contribution is 2.27. The number of rotatable bonds is 2. The van der Waals surface area contributed by atoms with Crippen molar-refractivity contribution in [3.05, 3.63) is 0 Å². The third-order valence-electron chi connectivity index (χ3n) is 2.12. The van der Waals surface area contributed by atoms with Gasteiger partial charge in [0.05, 0.1) is 6.10 Å². The third kappa shape index (κ3) is 1.64. The molecule has 1 aliphatic rings. The highest BCUT2D eigenvalue weighted by atomic mass is 35.5. The van der Waals surface area contributed by atoms with Crippen LogP contribution in [0.2, 0.25) is 0 Å². The van der Waals surface area contributed by atoms with Gasteiger partial charge in [-0.1, -0.05) is 13.8 Å². The monoisotopic (exact) mass is 162 g/mol. The standard InChI is InChI=1S/C8H15ClO/c1-6(2)8-7(5-9)3-4-10-8/h6-8H,3-5H2,1-2H3. The van der Waals surface area contributed by atoms with Gasteiger partial charge in [-0.2, -0.15) is 0 Å². The minimum absolute atomic E-state index is 0.414. The molecule has 1 saturated heterocycles. The van der Waals surface area contributed by atoms with E-state index >= 15 is 0 Å². The Kier molecular flexibility index (Phi) is 2.99. The molecule has 1 aliphatic heterocycles. The molecule has 0 amide bonds. The van der Waals surface area contributed by atoms with E-state index in [0.29, 0.717) is 17.9 Å². The highest BCUT2D eigenvalue weighted by Gasteiger charge is 2.29. The maximum atomic E-state index is 5.77. The van der Waals surface area contributed by atoms with Crippen LogP contribution in [0.15, 0.2) is 0 Å². The van der Waals surface area contributed by atoms with Crippen LogP contribution in [0.5, 0.6) is 0 Å². The maximum absolute atomic E-state index is 5.77. The predicted molar refractivity (Wildman–Crippen MR) is 43.4 cm³/mol. The SMILES string of the molecule is CC(C)C1OCCC1CCl. The Labute approximate surface area is 67.7 Å². The Morgan fingerprint density at radius 3 is 2.70 bits per heavy atom. The average Bonchev–Trinajstić information content (AvgIpc) is 2.33. The quantitative estimate of drug-likeness (QED) is 0.567. The second kappa shape index (κ2) is 3.59. The van der Waals surface area contributed by atoms with Gasteiger partial charge in [-0.15, -0.1) is 11.6 Å². The van der Waals surface area contributed by atoms with Gasteiger partial charge in [-0.05, 0) is 12.3 Å². The smallest absolute Gasteiger partial charge is 0.0638 e. The first-order chi connectivity index (χ1) is 4.75. The van der Waals surface area contributed by atoms with Crippen molar-refractivity contribution in [3.63, 3.8) is 0 Å². The van der Waals surface area contributed by atoms with Crippen molar-refractivity contribution in [1.29, 1.82) is 0 Å². The van der Waals surface area contributed by atoms with Crippen molar-refractivity contribution in [2.75, 3.05) is 12.5 Å². The van der Waals surface area contributed by atoms with Crippen LogP contribution in [-0.2, 0) is 4.74 Å². The maximum Gasteiger partial charge on any atom is 0.0638 e. The fourth-order valence-electron chi connectivity index (χ4n) is 1.56. The summed E-state index contributed by atoms with van der Waals surface area (Å²) < 4.78 is 5.53. The molecule has 1 heterocycles. The molecule has 2 atom stereocenters. The first-order valence-electron chi connectivity index (χ1n) is 3.93. The third-order valence-corrected chi connectivity index (χ3v) is 2.52. The number of hydrogen-bond donors (Lipinski definition) is 0. The van der Waals surface area contributed by atoms with Gasteiger partial charge in [-0.25, -0.2) is 0 Å². The van der Waals surface area contributed by atoms with Gasteiger partial charge in [0.2, 0.25) is 0 Å². The molecule has 0 saturated carbocycles. The van der Waals surface area contributed by atoms with E-state index in [-0.39, 0.29) is 0 Å². The Morgan fingerprint density at radius 1 is 1.60 bits per heavy atom. The van der Waals surface area contributed by atoms with Crippen LogP contribution in [-0.4, -0.2) is 18.6 Å². The summed E-state index contributed by atoms with van der Waals surface area (Å²) in [7, 11) is 0. The molecule has 0 N–H and O–H groups in total. The van der Waals surface area contributed by atoms with Gasteiger partial charge < -0.3 is 4.74 Å². The summed E-state index contributed by atoms with van der Waals surface area (Å²) in [5.74, 6) is 1.97. The van der Waals surface area contributed by atoms with Crippen LogP contribution in [0.1, 0.15) is 20.3 Å². The van der Waals surface area contributed by atoms with Crippen LogP contribution in [0.3, 0.4) is 0 Å². The van der Waals surface area contributed by atoms with Crippen molar-refractivity contribution in [3.8, 4) is 0 Å². The molecule has 0 radical (unpaired) electrons. The summed E-state index contributed by atoms with van der Waals surface area (Å²) in [5, 5.41) is 0. The van der Waals surface area contributed by atoms with Crippen LogP contribution in [0.4, 0.5) is 0 Å². The fraction of sp³-hybridized carbons (Fsp3) is 1.00. The molecule has 0 aliphatic carbocycles. The van der Waals surface area contributed by atoms with E-state index in [9.17, 15) is 0 Å². The summed E-state index contributed by atoms with van der Waals surface area (Å²) >= 11 is 5.77. The Bertz CT molecular complexity index is 103. The van der Waals surface area contributed by atoms with Gasteiger partial charge in [0.15, 0.2) is 0 Å². The lowest BCUT2D eigenvalue weighted by Crippen LogP contribution is -2.23. The zero-order chi connectivity index (χ0) is 7.56. The first kappa shape index (κ1) is 8.35. The number of alkyl halides is 1. The second-order valence-electron chi connectivity index (χ2n) is 3.28. The van der Waals surface area contributed by atoms with Gasteiger partial charge in [-0.3, -0.25) is 0 Å². The van der Waals surface area contributed by atoms with Crippen LogP contribution >= 0.6 is 11.6 Å². The first-order valence-corrected chi connectivity index (χ1v) is 4.46. The van der Waals surface area contributed by atoms with E-state index in [1.807, 2.05) is 0 Å². The summed E-state index contributed by atoms with van der Waals surface area (Å²) in [6.07, 6.45) is 1.56. The summed E-state index contributed by atoms with van der Waals surface area (Å²) in [6.45, 7) is 5.28. The molecule has 60 valence electrons. The van der Waals surface area contributed by atoms with Crippen molar-refractivity contribution in [2.24, 2.45) is 11.8 Å². The lowest BCUT2D eigenvalue weighted by Gasteiger charge is -2.19. The molecule has 0 aromatic carbocycles. The molecule has 2 unspecified atom stereocenters. The van der Waals surface area contributed by atoms with Gasteiger partial charge in [0.1, 0.15) is 0 Å². The molecule has 1 fully saturated rings. The normalized spacial score (nSPS) is 33.6. The molecular formula is C8H15ClO. The molecule has 0 aromatic rings. The summed E-state index contributed by atoms with van der Waals surface area (Å²) in [4.78, 5) is 0. The lowest BCUT2D eigenvalue weighted by atomic mass is 9.95. The minimum Gasteiger partial charge on any atom is -0.378 e. The second-order valence-corrected chi connectivity index (χ2v) is 3.59. The lowest BCUT2D eigenvalue weighted by molar-refractivity contribution is 0.0584. The van der Waals surface area contributed by atoms with Crippen molar-refractivity contribution in [2.45, 2.75) is 26.4 Å².